The van der Waals surface area contributed by atoms with Gasteiger partial charge in [-0.2, -0.15) is 0 Å². The van der Waals surface area contributed by atoms with Crippen LogP contribution in [0, 0.1) is 5.92 Å². The van der Waals surface area contributed by atoms with Gasteiger partial charge in [0.2, 0.25) is 12.3 Å². The maximum atomic E-state index is 12.6. The lowest BCUT2D eigenvalue weighted by Gasteiger charge is -2.35. The summed E-state index contributed by atoms with van der Waals surface area (Å²) >= 11 is 0. The Morgan fingerprint density at radius 2 is 2.06 bits per heavy atom. The third-order valence-corrected chi connectivity index (χ3v) is 3.73. The van der Waals surface area contributed by atoms with E-state index in [1.165, 1.54) is 0 Å². The van der Waals surface area contributed by atoms with E-state index < -0.39 is 12.3 Å². The fraction of sp³-hybridized carbons (Fsp3) is 0.917. The number of piperidine rings is 2. The van der Waals surface area contributed by atoms with Crippen molar-refractivity contribution in [2.45, 2.75) is 44.6 Å². The van der Waals surface area contributed by atoms with E-state index >= 15 is 0 Å². The molecule has 2 heterocycles. The Morgan fingerprint density at radius 1 is 1.24 bits per heavy atom. The molecule has 98 valence electrons. The van der Waals surface area contributed by atoms with E-state index in [2.05, 4.69) is 5.32 Å². The second kappa shape index (κ2) is 5.76. The Labute approximate surface area is 101 Å². The molecule has 0 saturated carbocycles. The van der Waals surface area contributed by atoms with Gasteiger partial charge in [0, 0.05) is 19.0 Å². The van der Waals surface area contributed by atoms with Gasteiger partial charge in [-0.3, -0.25) is 4.79 Å². The summed E-state index contributed by atoms with van der Waals surface area (Å²) in [6, 6.07) is -0.139. The van der Waals surface area contributed by atoms with Crippen LogP contribution in [0.15, 0.2) is 0 Å². The quantitative estimate of drug-likeness (QED) is 0.803. The maximum Gasteiger partial charge on any atom is 0.243 e. The molecule has 2 saturated heterocycles. The minimum atomic E-state index is -2.30. The lowest BCUT2D eigenvalue weighted by molar-refractivity contribution is -0.137. The molecule has 17 heavy (non-hydrogen) atoms. The summed E-state index contributed by atoms with van der Waals surface area (Å²) < 4.78 is 25.3. The van der Waals surface area contributed by atoms with Gasteiger partial charge in [-0.25, -0.2) is 8.78 Å². The van der Waals surface area contributed by atoms with Crippen LogP contribution in [0.4, 0.5) is 8.78 Å². The summed E-state index contributed by atoms with van der Waals surface area (Å²) in [6.45, 7) is 1.73. The molecule has 2 aliphatic heterocycles. The third kappa shape index (κ3) is 3.15. The first-order valence-electron chi connectivity index (χ1n) is 6.49. The number of carbonyl (C=O) groups excluding carboxylic acids is 1. The third-order valence-electron chi connectivity index (χ3n) is 3.73. The molecule has 2 aliphatic rings. The number of nitrogens with one attached hydrogen (secondary N) is 1. The Morgan fingerprint density at radius 3 is 2.71 bits per heavy atom. The molecule has 2 atom stereocenters. The number of hydrogen-bond acceptors (Lipinski definition) is 2. The molecule has 0 bridgehead atoms. The van der Waals surface area contributed by atoms with Crippen molar-refractivity contribution >= 4 is 5.91 Å². The van der Waals surface area contributed by atoms with Crippen LogP contribution >= 0.6 is 0 Å². The lowest BCUT2D eigenvalue weighted by Crippen LogP contribution is -2.52. The first kappa shape index (κ1) is 12.7. The van der Waals surface area contributed by atoms with Crippen molar-refractivity contribution < 1.29 is 13.6 Å². The fourth-order valence-corrected chi connectivity index (χ4v) is 2.70. The van der Waals surface area contributed by atoms with Crippen molar-refractivity contribution in [3.8, 4) is 0 Å². The molecule has 1 amide bonds. The standard InChI is InChI=1S/C12H20F2N2O/c13-11(14)9-4-3-7-16(8-9)12(17)10-5-1-2-6-15-10/h9-11,15H,1-8H2/t9-,10-/m0/s1. The Balaban J connectivity index is 1.89. The number of amides is 1. The van der Waals surface area contributed by atoms with Crippen molar-refractivity contribution in [1.29, 1.82) is 0 Å². The molecule has 3 nitrogen and oxygen atoms in total. The van der Waals surface area contributed by atoms with Gasteiger partial charge < -0.3 is 10.2 Å². The van der Waals surface area contributed by atoms with Crippen LogP contribution in [0.5, 0.6) is 0 Å². The van der Waals surface area contributed by atoms with Crippen LogP contribution in [0.3, 0.4) is 0 Å². The van der Waals surface area contributed by atoms with Crippen LogP contribution in [-0.2, 0) is 4.79 Å². The molecule has 2 rings (SSSR count). The zero-order valence-corrected chi connectivity index (χ0v) is 10.0. The van der Waals surface area contributed by atoms with Crippen LogP contribution in [-0.4, -0.2) is 42.9 Å². The van der Waals surface area contributed by atoms with Crippen LogP contribution in [0.2, 0.25) is 0 Å². The van der Waals surface area contributed by atoms with Gasteiger partial charge in [0.15, 0.2) is 0 Å². The predicted molar refractivity (Wildman–Crippen MR) is 60.9 cm³/mol. The highest BCUT2D eigenvalue weighted by molar-refractivity contribution is 5.82. The minimum absolute atomic E-state index is 0.0232. The molecule has 0 aliphatic carbocycles. The van der Waals surface area contributed by atoms with Gasteiger partial charge >= 0.3 is 0 Å². The number of rotatable bonds is 2. The maximum absolute atomic E-state index is 12.6. The van der Waals surface area contributed by atoms with Crippen LogP contribution < -0.4 is 5.32 Å². The fourth-order valence-electron chi connectivity index (χ4n) is 2.70. The number of nitrogens with zero attached hydrogens (tertiary/aromatic N) is 1. The minimum Gasteiger partial charge on any atom is -0.341 e. The van der Waals surface area contributed by atoms with Crippen LogP contribution in [0.1, 0.15) is 32.1 Å². The average molecular weight is 246 g/mol. The van der Waals surface area contributed by atoms with Gasteiger partial charge in [-0.05, 0) is 32.2 Å². The van der Waals surface area contributed by atoms with E-state index in [0.717, 1.165) is 25.8 Å². The second-order valence-electron chi connectivity index (χ2n) is 5.02. The van der Waals surface area contributed by atoms with E-state index in [-0.39, 0.29) is 18.5 Å². The van der Waals surface area contributed by atoms with Gasteiger partial charge in [0.05, 0.1) is 6.04 Å². The van der Waals surface area contributed by atoms with Crippen molar-refractivity contribution in [1.82, 2.24) is 10.2 Å². The van der Waals surface area contributed by atoms with Crippen LogP contribution in [0.25, 0.3) is 0 Å². The monoisotopic (exact) mass is 246 g/mol. The molecule has 0 aromatic carbocycles. The molecule has 5 heteroatoms. The van der Waals surface area contributed by atoms with Gasteiger partial charge in [-0.15, -0.1) is 0 Å². The second-order valence-corrected chi connectivity index (χ2v) is 5.02. The summed E-state index contributed by atoms with van der Waals surface area (Å²) in [4.78, 5) is 13.8. The number of hydrogen-bond donors (Lipinski definition) is 1. The molecule has 0 spiro atoms. The molecule has 2 fully saturated rings. The number of likely N-dealkylation sites (tertiary alicyclic amines) is 1. The SMILES string of the molecule is O=C([C@@H]1CCCCN1)N1CCC[C@H](C(F)F)C1. The zero-order valence-electron chi connectivity index (χ0n) is 10.0. The topological polar surface area (TPSA) is 32.3 Å². The van der Waals surface area contributed by atoms with Crippen molar-refractivity contribution in [3.05, 3.63) is 0 Å². The van der Waals surface area contributed by atoms with E-state index in [0.29, 0.717) is 19.4 Å². The largest absolute Gasteiger partial charge is 0.341 e. The summed E-state index contributed by atoms with van der Waals surface area (Å²) in [7, 11) is 0. The predicted octanol–water partition coefficient (Wildman–Crippen LogP) is 1.63. The lowest BCUT2D eigenvalue weighted by atomic mass is 9.96. The highest BCUT2D eigenvalue weighted by Crippen LogP contribution is 2.23. The molecule has 1 N–H and O–H groups in total. The molecule has 0 unspecified atom stereocenters. The molecule has 0 aromatic heterocycles. The van der Waals surface area contributed by atoms with Crippen molar-refractivity contribution in [2.75, 3.05) is 19.6 Å². The summed E-state index contributed by atoms with van der Waals surface area (Å²) in [5.74, 6) is -0.605. The van der Waals surface area contributed by atoms with Gasteiger partial charge in [0.25, 0.3) is 0 Å². The van der Waals surface area contributed by atoms with Gasteiger partial charge in [0.1, 0.15) is 0 Å². The van der Waals surface area contributed by atoms with E-state index in [9.17, 15) is 13.6 Å². The number of halogens is 2. The van der Waals surface area contributed by atoms with Gasteiger partial charge in [-0.1, -0.05) is 6.42 Å². The Hall–Kier alpha value is -0.710. The highest BCUT2D eigenvalue weighted by atomic mass is 19.3. The summed E-state index contributed by atoms with van der Waals surface area (Å²) in [5.41, 5.74) is 0. The van der Waals surface area contributed by atoms with Crippen molar-refractivity contribution in [2.24, 2.45) is 5.92 Å². The first-order valence-corrected chi connectivity index (χ1v) is 6.49. The highest BCUT2D eigenvalue weighted by Gasteiger charge is 2.32. The Bertz CT molecular complexity index is 267. The van der Waals surface area contributed by atoms with E-state index in [1.807, 2.05) is 0 Å². The summed E-state index contributed by atoms with van der Waals surface area (Å²) in [5, 5.41) is 3.18. The summed E-state index contributed by atoms with van der Waals surface area (Å²) in [6.07, 6.45) is 1.94. The number of carbonyl (C=O) groups is 1. The molecule has 0 aromatic rings. The zero-order chi connectivity index (χ0) is 12.3. The molecular formula is C12H20F2N2O. The molecule has 0 radical (unpaired) electrons. The Kier molecular flexibility index (Phi) is 4.31. The average Bonchev–Trinajstić information content (AvgIpc) is 2.39. The first-order chi connectivity index (χ1) is 8.18. The normalized spacial score (nSPS) is 30.6. The van der Waals surface area contributed by atoms with E-state index in [4.69, 9.17) is 0 Å². The smallest absolute Gasteiger partial charge is 0.243 e. The number of alkyl halides is 2. The van der Waals surface area contributed by atoms with E-state index in [1.54, 1.807) is 4.90 Å². The van der Waals surface area contributed by atoms with Crippen molar-refractivity contribution in [3.63, 3.8) is 0 Å². The molecular weight excluding hydrogens is 226 g/mol.